The van der Waals surface area contributed by atoms with Crippen LogP contribution in [0.25, 0.3) is 0 Å². The van der Waals surface area contributed by atoms with Crippen LogP contribution in [0.15, 0.2) is 4.34 Å². The molecule has 0 radical (unpaired) electrons. The van der Waals surface area contributed by atoms with E-state index in [1.165, 1.54) is 50.3 Å². The van der Waals surface area contributed by atoms with Gasteiger partial charge in [-0.15, -0.1) is 10.2 Å². The number of hydrogen-bond acceptors (Lipinski definition) is 6. The predicted molar refractivity (Wildman–Crippen MR) is 71.4 cm³/mol. The largest absolute Gasteiger partial charge is 0.357 e. The minimum absolute atomic E-state index is 0.443. The summed E-state index contributed by atoms with van der Waals surface area (Å²) in [4.78, 5) is 0. The van der Waals surface area contributed by atoms with Gasteiger partial charge in [-0.1, -0.05) is 48.8 Å². The van der Waals surface area contributed by atoms with Gasteiger partial charge in [0.2, 0.25) is 5.13 Å². The van der Waals surface area contributed by atoms with Crippen LogP contribution in [-0.2, 0) is 0 Å². The molecule has 0 atom stereocenters. The van der Waals surface area contributed by atoms with Crippen molar-refractivity contribution < 1.29 is 0 Å². The first kappa shape index (κ1) is 12.7. The molecule has 1 aromatic heterocycles. The van der Waals surface area contributed by atoms with E-state index in [9.17, 15) is 0 Å². The monoisotopic (exact) mass is 268 g/mol. The number of rotatable bonds is 4. The number of aromatic nitrogens is 2. The minimum Gasteiger partial charge on any atom is -0.357 e. The molecule has 17 heavy (non-hydrogen) atoms. The van der Waals surface area contributed by atoms with E-state index in [1.54, 1.807) is 11.3 Å². The second-order valence-corrected chi connectivity index (χ2v) is 6.35. The maximum Gasteiger partial charge on any atom is 0.206 e. The summed E-state index contributed by atoms with van der Waals surface area (Å²) in [5, 5.41) is 21.0. The summed E-state index contributed by atoms with van der Waals surface area (Å²) in [5.41, 5.74) is 0. The van der Waals surface area contributed by atoms with Crippen LogP contribution in [0.2, 0.25) is 0 Å². The van der Waals surface area contributed by atoms with Gasteiger partial charge in [-0.25, -0.2) is 0 Å². The van der Waals surface area contributed by atoms with Crippen molar-refractivity contribution >= 4 is 28.2 Å². The second kappa shape index (κ2) is 6.82. The van der Waals surface area contributed by atoms with Crippen molar-refractivity contribution in [2.75, 3.05) is 11.1 Å². The molecule has 0 aromatic carbocycles. The molecule has 1 fully saturated rings. The SMILES string of the molecule is N#CCSc1nnc(NC2CCCCCC2)s1. The molecule has 0 bridgehead atoms. The number of nitriles is 1. The smallest absolute Gasteiger partial charge is 0.206 e. The van der Waals surface area contributed by atoms with Gasteiger partial charge in [-0.2, -0.15) is 5.26 Å². The van der Waals surface area contributed by atoms with E-state index >= 15 is 0 Å². The Hall–Kier alpha value is -0.800. The molecule has 1 aromatic rings. The predicted octanol–water partition coefficient (Wildman–Crippen LogP) is 3.29. The van der Waals surface area contributed by atoms with Crippen LogP contribution in [0, 0.1) is 11.3 Å². The normalized spacial score (nSPS) is 17.4. The van der Waals surface area contributed by atoms with Gasteiger partial charge in [0.25, 0.3) is 0 Å². The van der Waals surface area contributed by atoms with Crippen LogP contribution in [0.3, 0.4) is 0 Å². The summed E-state index contributed by atoms with van der Waals surface area (Å²) in [6, 6.07) is 2.65. The average Bonchev–Trinajstić information content (AvgIpc) is 2.61. The van der Waals surface area contributed by atoms with Gasteiger partial charge < -0.3 is 5.32 Å². The van der Waals surface area contributed by atoms with E-state index in [0.717, 1.165) is 9.47 Å². The molecular weight excluding hydrogens is 252 g/mol. The van der Waals surface area contributed by atoms with Crippen molar-refractivity contribution in [1.29, 1.82) is 5.26 Å². The molecule has 0 spiro atoms. The summed E-state index contributed by atoms with van der Waals surface area (Å²) in [6.45, 7) is 0. The third-order valence-corrected chi connectivity index (χ3v) is 4.70. The first-order valence-electron chi connectivity index (χ1n) is 5.98. The van der Waals surface area contributed by atoms with Gasteiger partial charge in [-0.05, 0) is 12.8 Å². The van der Waals surface area contributed by atoms with Crippen LogP contribution >= 0.6 is 23.1 Å². The van der Waals surface area contributed by atoms with Gasteiger partial charge in [0.05, 0.1) is 11.8 Å². The summed E-state index contributed by atoms with van der Waals surface area (Å²) >= 11 is 3.00. The van der Waals surface area contributed by atoms with E-state index in [0.29, 0.717) is 11.8 Å². The summed E-state index contributed by atoms with van der Waals surface area (Å²) in [5.74, 6) is 0.443. The first-order chi connectivity index (χ1) is 8.38. The molecule has 92 valence electrons. The molecule has 1 heterocycles. The molecule has 4 nitrogen and oxygen atoms in total. The zero-order valence-electron chi connectivity index (χ0n) is 9.69. The van der Waals surface area contributed by atoms with Crippen molar-refractivity contribution in [3.05, 3.63) is 0 Å². The number of thioether (sulfide) groups is 1. The standard InChI is InChI=1S/C11H16N4S2/c12-7-8-16-11-15-14-10(17-11)13-9-5-3-1-2-4-6-9/h9H,1-6,8H2,(H,13,14). The fourth-order valence-electron chi connectivity index (χ4n) is 2.02. The third-order valence-electron chi connectivity index (χ3n) is 2.85. The minimum atomic E-state index is 0.443. The Labute approximate surface area is 110 Å². The van der Waals surface area contributed by atoms with Crippen LogP contribution in [-0.4, -0.2) is 22.0 Å². The molecule has 0 saturated heterocycles. The molecule has 1 saturated carbocycles. The summed E-state index contributed by atoms with van der Waals surface area (Å²) in [7, 11) is 0. The highest BCUT2D eigenvalue weighted by Gasteiger charge is 2.14. The lowest BCUT2D eigenvalue weighted by Gasteiger charge is -2.14. The Morgan fingerprint density at radius 2 is 2.06 bits per heavy atom. The van der Waals surface area contributed by atoms with Crippen LogP contribution in [0.1, 0.15) is 38.5 Å². The van der Waals surface area contributed by atoms with E-state index < -0.39 is 0 Å². The average molecular weight is 268 g/mol. The van der Waals surface area contributed by atoms with Gasteiger partial charge in [0, 0.05) is 6.04 Å². The van der Waals surface area contributed by atoms with Crippen molar-refractivity contribution in [1.82, 2.24) is 10.2 Å². The van der Waals surface area contributed by atoms with Gasteiger partial charge in [0.15, 0.2) is 4.34 Å². The van der Waals surface area contributed by atoms with Gasteiger partial charge >= 0.3 is 0 Å². The quantitative estimate of drug-likeness (QED) is 0.670. The highest BCUT2D eigenvalue weighted by molar-refractivity contribution is 8.01. The molecule has 1 N–H and O–H groups in total. The number of nitrogens with zero attached hydrogens (tertiary/aromatic N) is 3. The van der Waals surface area contributed by atoms with E-state index in [2.05, 4.69) is 21.6 Å². The fraction of sp³-hybridized carbons (Fsp3) is 0.727. The number of hydrogen-bond donors (Lipinski definition) is 1. The molecule has 6 heteroatoms. The van der Waals surface area contributed by atoms with Gasteiger partial charge in [0.1, 0.15) is 0 Å². The van der Waals surface area contributed by atoms with Crippen molar-refractivity contribution in [3.8, 4) is 6.07 Å². The zero-order chi connectivity index (χ0) is 11.9. The molecular formula is C11H16N4S2. The second-order valence-electron chi connectivity index (χ2n) is 4.15. The first-order valence-corrected chi connectivity index (χ1v) is 7.78. The Morgan fingerprint density at radius 3 is 2.76 bits per heavy atom. The van der Waals surface area contributed by atoms with Crippen LogP contribution in [0.4, 0.5) is 5.13 Å². The van der Waals surface area contributed by atoms with Gasteiger partial charge in [-0.3, -0.25) is 0 Å². The number of nitrogens with one attached hydrogen (secondary N) is 1. The zero-order valence-corrected chi connectivity index (χ0v) is 11.3. The third kappa shape index (κ3) is 4.17. The topological polar surface area (TPSA) is 61.6 Å². The Bertz CT molecular complexity index is 377. The lowest BCUT2D eigenvalue weighted by Crippen LogP contribution is -2.17. The summed E-state index contributed by atoms with van der Waals surface area (Å²) in [6.07, 6.45) is 7.81. The highest BCUT2D eigenvalue weighted by Crippen LogP contribution is 2.27. The van der Waals surface area contributed by atoms with Crippen molar-refractivity contribution in [2.24, 2.45) is 0 Å². The number of anilines is 1. The Kier molecular flexibility index (Phi) is 5.08. The molecule has 0 amide bonds. The van der Waals surface area contributed by atoms with E-state index in [-0.39, 0.29) is 0 Å². The molecule has 1 aliphatic carbocycles. The van der Waals surface area contributed by atoms with Crippen molar-refractivity contribution in [3.63, 3.8) is 0 Å². The van der Waals surface area contributed by atoms with E-state index in [4.69, 9.17) is 5.26 Å². The Balaban J connectivity index is 1.85. The molecule has 0 aliphatic heterocycles. The maximum absolute atomic E-state index is 8.50. The van der Waals surface area contributed by atoms with E-state index in [1.807, 2.05) is 0 Å². The van der Waals surface area contributed by atoms with Crippen LogP contribution in [0.5, 0.6) is 0 Å². The highest BCUT2D eigenvalue weighted by atomic mass is 32.2. The van der Waals surface area contributed by atoms with Crippen molar-refractivity contribution in [2.45, 2.75) is 48.9 Å². The molecule has 2 rings (SSSR count). The maximum atomic E-state index is 8.50. The molecule has 0 unspecified atom stereocenters. The fourth-order valence-corrected chi connectivity index (χ4v) is 3.51. The van der Waals surface area contributed by atoms with Crippen LogP contribution < -0.4 is 5.32 Å². The lowest BCUT2D eigenvalue weighted by atomic mass is 10.1. The molecule has 1 aliphatic rings. The Morgan fingerprint density at radius 1 is 1.29 bits per heavy atom. The summed E-state index contributed by atoms with van der Waals surface area (Å²) < 4.78 is 0.877. The lowest BCUT2D eigenvalue weighted by molar-refractivity contribution is 0.618.